The fraction of sp³-hybridized carbons (Fsp3) is 0.833. The van der Waals surface area contributed by atoms with Crippen LogP contribution in [0.25, 0.3) is 0 Å². The molecule has 0 aromatic heterocycles. The molecule has 1 atom stereocenters. The van der Waals surface area contributed by atoms with Gasteiger partial charge < -0.3 is 15.2 Å². The molecule has 0 spiro atoms. The van der Waals surface area contributed by atoms with Gasteiger partial charge in [0, 0.05) is 12.8 Å². The number of carboxylic acids is 1. The summed E-state index contributed by atoms with van der Waals surface area (Å²) < 4.78 is 5.43. The molecule has 0 aliphatic heterocycles. The maximum absolute atomic E-state index is 12.0. The van der Waals surface area contributed by atoms with Crippen LogP contribution in [0.3, 0.4) is 0 Å². The van der Waals surface area contributed by atoms with Gasteiger partial charge in [0.05, 0.1) is 6.61 Å². The maximum atomic E-state index is 12.0. The summed E-state index contributed by atoms with van der Waals surface area (Å²) in [7, 11) is 0. The highest BCUT2D eigenvalue weighted by atomic mass is 16.5. The summed E-state index contributed by atoms with van der Waals surface area (Å²) in [5.41, 5.74) is 0. The van der Waals surface area contributed by atoms with Crippen LogP contribution >= 0.6 is 0 Å². The molecule has 0 aromatic rings. The largest absolute Gasteiger partial charge is 0.480 e. The second-order valence-corrected chi connectivity index (χ2v) is 14.3. The number of aliphatic carboxylic acids is 1. The molecule has 0 fully saturated rings. The fourth-order valence-corrected chi connectivity index (χ4v) is 5.94. The average Bonchev–Trinajstić information content (AvgIpc) is 3.05. The zero-order valence-corrected chi connectivity index (χ0v) is 31.8. The highest BCUT2D eigenvalue weighted by Gasteiger charge is 2.20. The van der Waals surface area contributed by atoms with E-state index in [1.807, 2.05) is 13.8 Å². The van der Waals surface area contributed by atoms with Gasteiger partial charge in [-0.15, -0.1) is 0 Å². The summed E-state index contributed by atoms with van der Waals surface area (Å²) >= 11 is 0. The first-order valence-electron chi connectivity index (χ1n) is 20.3. The smallest absolute Gasteiger partial charge is 0.326 e. The van der Waals surface area contributed by atoms with E-state index in [4.69, 9.17) is 4.74 Å². The van der Waals surface area contributed by atoms with Crippen molar-refractivity contribution in [1.82, 2.24) is 5.32 Å². The molecule has 0 aliphatic rings. The maximum Gasteiger partial charge on any atom is 0.326 e. The number of esters is 1. The first-order chi connectivity index (χ1) is 23.4. The van der Waals surface area contributed by atoms with Gasteiger partial charge in [0.1, 0.15) is 6.04 Å². The van der Waals surface area contributed by atoms with Crippen LogP contribution in [-0.2, 0) is 19.1 Å². The van der Waals surface area contributed by atoms with Gasteiger partial charge in [-0.25, -0.2) is 4.79 Å². The molecular formula is C42H77NO5. The topological polar surface area (TPSA) is 92.7 Å². The van der Waals surface area contributed by atoms with Crippen LogP contribution in [0.5, 0.6) is 0 Å². The lowest BCUT2D eigenvalue weighted by Crippen LogP contribution is -2.41. The Bertz CT molecular complexity index is 806. The predicted octanol–water partition coefficient (Wildman–Crippen LogP) is 12.2. The number of nitrogens with one attached hydrogen (secondary N) is 1. The molecule has 0 aromatic carbocycles. The second kappa shape index (κ2) is 36.2. The molecule has 0 radical (unpaired) electrons. The summed E-state index contributed by atoms with van der Waals surface area (Å²) in [5, 5.41) is 11.9. The molecule has 0 aliphatic carbocycles. The van der Waals surface area contributed by atoms with Crippen molar-refractivity contribution in [3.05, 3.63) is 24.3 Å². The van der Waals surface area contributed by atoms with E-state index < -0.39 is 12.0 Å². The third-order valence-electron chi connectivity index (χ3n) is 8.95. The van der Waals surface area contributed by atoms with Gasteiger partial charge in [-0.05, 0) is 83.0 Å². The van der Waals surface area contributed by atoms with Gasteiger partial charge in [0.15, 0.2) is 0 Å². The quantitative estimate of drug-likeness (QED) is 0.0392. The van der Waals surface area contributed by atoms with Gasteiger partial charge in [0.2, 0.25) is 5.91 Å². The van der Waals surface area contributed by atoms with Gasteiger partial charge in [-0.2, -0.15) is 0 Å². The Balaban J connectivity index is 3.38. The van der Waals surface area contributed by atoms with Gasteiger partial charge >= 0.3 is 11.9 Å². The Labute approximate surface area is 296 Å². The molecule has 2 N–H and O–H groups in total. The zero-order valence-electron chi connectivity index (χ0n) is 31.8. The number of carbonyl (C=O) groups excluding carboxylic acids is 2. The lowest BCUT2D eigenvalue weighted by Gasteiger charge is -2.16. The van der Waals surface area contributed by atoms with Crippen LogP contribution in [-0.4, -0.2) is 35.6 Å². The van der Waals surface area contributed by atoms with E-state index >= 15 is 0 Å². The molecular weight excluding hydrogens is 598 g/mol. The number of rotatable bonds is 36. The van der Waals surface area contributed by atoms with Crippen molar-refractivity contribution >= 4 is 17.8 Å². The Morgan fingerprint density at radius 1 is 0.562 bits per heavy atom. The SMILES string of the molecule is CCCCCCCCC=CCCCCCCCC(=O)OCCCCCCCCC=CCCCCCCCC(=O)NC(CC(C)C)C(=O)O. The van der Waals surface area contributed by atoms with E-state index in [0.717, 1.165) is 57.8 Å². The van der Waals surface area contributed by atoms with Gasteiger partial charge in [0.25, 0.3) is 0 Å². The van der Waals surface area contributed by atoms with E-state index in [9.17, 15) is 19.5 Å². The number of hydrogen-bond donors (Lipinski definition) is 2. The third-order valence-corrected chi connectivity index (χ3v) is 8.95. The number of carbonyl (C=O) groups is 3. The molecule has 0 saturated heterocycles. The van der Waals surface area contributed by atoms with E-state index in [1.54, 1.807) is 0 Å². The Morgan fingerprint density at radius 3 is 1.40 bits per heavy atom. The molecule has 6 nitrogen and oxygen atoms in total. The summed E-state index contributed by atoms with van der Waals surface area (Å²) in [4.78, 5) is 35.3. The first-order valence-corrected chi connectivity index (χ1v) is 20.3. The first kappa shape index (κ1) is 45.9. The predicted molar refractivity (Wildman–Crippen MR) is 203 cm³/mol. The molecule has 0 rings (SSSR count). The monoisotopic (exact) mass is 676 g/mol. The van der Waals surface area contributed by atoms with E-state index in [1.165, 1.54) is 109 Å². The van der Waals surface area contributed by atoms with Crippen LogP contribution in [0.1, 0.15) is 207 Å². The molecule has 1 amide bonds. The molecule has 0 saturated carbocycles. The minimum absolute atomic E-state index is 0.0198. The Kier molecular flexibility index (Phi) is 34.6. The van der Waals surface area contributed by atoms with Crippen molar-refractivity contribution in [2.24, 2.45) is 5.92 Å². The van der Waals surface area contributed by atoms with E-state index in [2.05, 4.69) is 36.5 Å². The summed E-state index contributed by atoms with van der Waals surface area (Å²) in [6.07, 6.45) is 42.0. The number of allylic oxidation sites excluding steroid dienone is 4. The van der Waals surface area contributed by atoms with Crippen LogP contribution in [0.4, 0.5) is 0 Å². The summed E-state index contributed by atoms with van der Waals surface area (Å²) in [5.74, 6) is -0.881. The molecule has 0 bridgehead atoms. The molecule has 280 valence electrons. The fourth-order valence-electron chi connectivity index (χ4n) is 5.94. The highest BCUT2D eigenvalue weighted by molar-refractivity contribution is 5.83. The lowest BCUT2D eigenvalue weighted by molar-refractivity contribution is -0.144. The van der Waals surface area contributed by atoms with Crippen LogP contribution < -0.4 is 5.32 Å². The number of amides is 1. The van der Waals surface area contributed by atoms with Crippen LogP contribution in [0.15, 0.2) is 24.3 Å². The van der Waals surface area contributed by atoms with Gasteiger partial charge in [-0.3, -0.25) is 9.59 Å². The van der Waals surface area contributed by atoms with Crippen molar-refractivity contribution in [3.8, 4) is 0 Å². The Morgan fingerprint density at radius 2 is 0.958 bits per heavy atom. The number of carboxylic acid groups (broad SMARTS) is 1. The van der Waals surface area contributed by atoms with E-state index in [-0.39, 0.29) is 17.8 Å². The van der Waals surface area contributed by atoms with Crippen LogP contribution in [0.2, 0.25) is 0 Å². The highest BCUT2D eigenvalue weighted by Crippen LogP contribution is 2.13. The van der Waals surface area contributed by atoms with Crippen molar-refractivity contribution in [2.75, 3.05) is 6.61 Å². The minimum Gasteiger partial charge on any atom is -0.480 e. The van der Waals surface area contributed by atoms with Crippen molar-refractivity contribution in [1.29, 1.82) is 0 Å². The minimum atomic E-state index is -0.949. The van der Waals surface area contributed by atoms with Crippen molar-refractivity contribution in [3.63, 3.8) is 0 Å². The Hall–Kier alpha value is -2.11. The molecule has 1 unspecified atom stereocenters. The number of hydrogen-bond acceptors (Lipinski definition) is 4. The summed E-state index contributed by atoms with van der Waals surface area (Å²) in [6.45, 7) is 6.77. The van der Waals surface area contributed by atoms with Crippen molar-refractivity contribution in [2.45, 2.75) is 213 Å². The molecule has 48 heavy (non-hydrogen) atoms. The third kappa shape index (κ3) is 35.2. The normalized spacial score (nSPS) is 12.3. The average molecular weight is 676 g/mol. The molecule has 6 heteroatoms. The number of unbranched alkanes of at least 4 members (excludes halogenated alkanes) is 22. The second-order valence-electron chi connectivity index (χ2n) is 14.3. The zero-order chi connectivity index (χ0) is 35.3. The lowest BCUT2D eigenvalue weighted by atomic mass is 10.0. The number of ether oxygens (including phenoxy) is 1. The van der Waals surface area contributed by atoms with E-state index in [0.29, 0.717) is 25.9 Å². The summed E-state index contributed by atoms with van der Waals surface area (Å²) in [6, 6.07) is -0.774. The standard InChI is InChI=1S/C42H77NO5/c1-4-5-6-7-8-9-10-11-13-17-20-23-26-29-32-35-41(45)48-36-33-30-27-24-21-18-15-12-14-16-19-22-25-28-31-34-40(44)43-39(42(46)47)37-38(2)3/h11-14,38-39H,4-10,15-37H2,1-3H3,(H,43,44)(H,46,47). The molecule has 0 heterocycles. The van der Waals surface area contributed by atoms with Crippen LogP contribution in [0, 0.1) is 5.92 Å². The van der Waals surface area contributed by atoms with Gasteiger partial charge in [-0.1, -0.05) is 141 Å². The van der Waals surface area contributed by atoms with Crippen molar-refractivity contribution < 1.29 is 24.2 Å².